The van der Waals surface area contributed by atoms with E-state index in [1.165, 1.54) is 5.56 Å². The van der Waals surface area contributed by atoms with Crippen molar-refractivity contribution < 1.29 is 9.53 Å². The Morgan fingerprint density at radius 1 is 0.971 bits per heavy atom. The lowest BCUT2D eigenvalue weighted by Gasteiger charge is -2.15. The zero-order chi connectivity index (χ0) is 24.0. The quantitative estimate of drug-likeness (QED) is 0.444. The van der Waals surface area contributed by atoms with Gasteiger partial charge in [0.05, 0.1) is 5.69 Å². The molecular weight excluding hydrogens is 442 g/mol. The first-order valence-corrected chi connectivity index (χ1v) is 11.1. The molecule has 0 bridgehead atoms. The summed E-state index contributed by atoms with van der Waals surface area (Å²) in [5.74, 6) is 1.63. The van der Waals surface area contributed by atoms with Crippen molar-refractivity contribution in [1.82, 2.24) is 30.2 Å². The van der Waals surface area contributed by atoms with Gasteiger partial charge >= 0.3 is 0 Å². The Bertz CT molecular complexity index is 1380. The molecule has 3 aromatic heterocycles. The topological polar surface area (TPSA) is 106 Å². The predicted molar refractivity (Wildman–Crippen MR) is 132 cm³/mol. The Balaban J connectivity index is 1.31. The molecular formula is C26H23N7O2. The third kappa shape index (κ3) is 5.30. The number of amides is 1. The SMILES string of the molecule is CNC(=O)COc1ccc2c(c1)CN(c1nccc(-c3nccc(C=Cc4ccncc4)n3)n1)C2. The van der Waals surface area contributed by atoms with Crippen LogP contribution in [-0.2, 0) is 17.9 Å². The maximum atomic E-state index is 11.5. The molecule has 9 heteroatoms. The molecule has 1 aromatic carbocycles. The highest BCUT2D eigenvalue weighted by Crippen LogP contribution is 2.29. The zero-order valence-corrected chi connectivity index (χ0v) is 19.1. The van der Waals surface area contributed by atoms with Crippen molar-refractivity contribution in [2.45, 2.75) is 13.1 Å². The molecule has 9 nitrogen and oxygen atoms in total. The molecule has 0 spiro atoms. The van der Waals surface area contributed by atoms with Gasteiger partial charge in [-0.2, -0.15) is 0 Å². The summed E-state index contributed by atoms with van der Waals surface area (Å²) in [5.41, 5.74) is 4.77. The lowest BCUT2D eigenvalue weighted by atomic mass is 10.1. The molecule has 0 saturated heterocycles. The molecule has 35 heavy (non-hydrogen) atoms. The first-order chi connectivity index (χ1) is 17.2. The summed E-state index contributed by atoms with van der Waals surface area (Å²) < 4.78 is 5.57. The van der Waals surface area contributed by atoms with Crippen LogP contribution in [-0.4, -0.2) is 44.5 Å². The fraction of sp³-hybridized carbons (Fsp3) is 0.154. The fourth-order valence-electron chi connectivity index (χ4n) is 3.69. The molecule has 1 aliphatic rings. The van der Waals surface area contributed by atoms with Crippen molar-refractivity contribution in [3.05, 3.63) is 89.6 Å². The molecule has 1 amide bonds. The average Bonchev–Trinajstić information content (AvgIpc) is 3.35. The second kappa shape index (κ2) is 10.1. The Morgan fingerprint density at radius 3 is 2.66 bits per heavy atom. The minimum atomic E-state index is -0.170. The van der Waals surface area contributed by atoms with Crippen molar-refractivity contribution in [1.29, 1.82) is 0 Å². The first kappa shape index (κ1) is 22.1. The number of fused-ring (bicyclic) bond motifs is 1. The average molecular weight is 466 g/mol. The molecule has 0 saturated carbocycles. The van der Waals surface area contributed by atoms with Crippen LogP contribution in [0.1, 0.15) is 22.4 Å². The van der Waals surface area contributed by atoms with Crippen LogP contribution in [0.25, 0.3) is 23.7 Å². The summed E-state index contributed by atoms with van der Waals surface area (Å²) in [7, 11) is 1.58. The second-order valence-corrected chi connectivity index (χ2v) is 7.91. The molecule has 5 rings (SSSR count). The largest absolute Gasteiger partial charge is 0.484 e. The van der Waals surface area contributed by atoms with Gasteiger partial charge < -0.3 is 15.0 Å². The van der Waals surface area contributed by atoms with Crippen LogP contribution in [0.2, 0.25) is 0 Å². The van der Waals surface area contributed by atoms with Gasteiger partial charge in [0.15, 0.2) is 12.4 Å². The molecule has 0 unspecified atom stereocenters. The summed E-state index contributed by atoms with van der Waals surface area (Å²) in [6, 6.07) is 13.4. The third-order valence-corrected chi connectivity index (χ3v) is 5.53. The van der Waals surface area contributed by atoms with E-state index in [-0.39, 0.29) is 12.5 Å². The fourth-order valence-corrected chi connectivity index (χ4v) is 3.69. The molecule has 4 aromatic rings. The van der Waals surface area contributed by atoms with Crippen LogP contribution in [0.4, 0.5) is 5.95 Å². The lowest BCUT2D eigenvalue weighted by molar-refractivity contribution is -0.122. The van der Waals surface area contributed by atoms with Gasteiger partial charge in [0, 0.05) is 44.9 Å². The highest BCUT2D eigenvalue weighted by atomic mass is 16.5. The number of rotatable bonds is 7. The molecule has 0 atom stereocenters. The molecule has 1 N–H and O–H groups in total. The smallest absolute Gasteiger partial charge is 0.257 e. The lowest BCUT2D eigenvalue weighted by Crippen LogP contribution is -2.24. The van der Waals surface area contributed by atoms with Crippen molar-refractivity contribution in [2.75, 3.05) is 18.6 Å². The summed E-state index contributed by atoms with van der Waals surface area (Å²) in [4.78, 5) is 35.8. The first-order valence-electron chi connectivity index (χ1n) is 11.1. The van der Waals surface area contributed by atoms with Crippen molar-refractivity contribution in [2.24, 2.45) is 0 Å². The van der Waals surface area contributed by atoms with E-state index in [9.17, 15) is 4.79 Å². The van der Waals surface area contributed by atoms with E-state index in [1.54, 1.807) is 31.8 Å². The van der Waals surface area contributed by atoms with Crippen LogP contribution in [0, 0.1) is 0 Å². The number of hydrogen-bond donors (Lipinski definition) is 1. The number of carbonyl (C=O) groups excluding carboxylic acids is 1. The number of ether oxygens (including phenoxy) is 1. The molecule has 1 aliphatic heterocycles. The summed E-state index contributed by atoms with van der Waals surface area (Å²) in [6.07, 6.45) is 10.9. The van der Waals surface area contributed by atoms with Crippen molar-refractivity contribution in [3.63, 3.8) is 0 Å². The predicted octanol–water partition coefficient (Wildman–Crippen LogP) is 3.14. The zero-order valence-electron chi connectivity index (χ0n) is 19.1. The van der Waals surface area contributed by atoms with E-state index in [0.29, 0.717) is 36.3 Å². The Labute approximate surface area is 202 Å². The minimum Gasteiger partial charge on any atom is -0.484 e. The van der Waals surface area contributed by atoms with Crippen molar-refractivity contribution in [3.8, 4) is 17.3 Å². The Kier molecular flexibility index (Phi) is 6.38. The van der Waals surface area contributed by atoms with E-state index in [1.807, 2.05) is 54.6 Å². The summed E-state index contributed by atoms with van der Waals surface area (Å²) in [6.45, 7) is 1.32. The van der Waals surface area contributed by atoms with Crippen LogP contribution >= 0.6 is 0 Å². The maximum Gasteiger partial charge on any atom is 0.257 e. The molecule has 4 heterocycles. The second-order valence-electron chi connectivity index (χ2n) is 7.91. The van der Waals surface area contributed by atoms with E-state index >= 15 is 0 Å². The van der Waals surface area contributed by atoms with Gasteiger partial charge in [-0.3, -0.25) is 9.78 Å². The van der Waals surface area contributed by atoms with E-state index < -0.39 is 0 Å². The van der Waals surface area contributed by atoms with Gasteiger partial charge in [0.1, 0.15) is 11.4 Å². The Morgan fingerprint density at radius 2 is 1.80 bits per heavy atom. The number of anilines is 1. The van der Waals surface area contributed by atoms with Crippen LogP contribution < -0.4 is 15.0 Å². The van der Waals surface area contributed by atoms with Crippen LogP contribution in [0.3, 0.4) is 0 Å². The van der Waals surface area contributed by atoms with Gasteiger partial charge in [-0.25, -0.2) is 19.9 Å². The van der Waals surface area contributed by atoms with Crippen LogP contribution in [0.5, 0.6) is 5.75 Å². The van der Waals surface area contributed by atoms with Crippen LogP contribution in [0.15, 0.2) is 67.3 Å². The minimum absolute atomic E-state index is 0.0129. The standard InChI is InChI=1S/C26H23N7O2/c1-27-24(34)17-35-22-5-3-19-15-33(16-20(19)14-22)26-30-13-9-23(32-26)25-29-12-8-21(31-25)4-2-18-6-10-28-11-7-18/h2-14H,15-17H2,1H3,(H,27,34). The monoisotopic (exact) mass is 465 g/mol. The molecule has 0 aliphatic carbocycles. The van der Waals surface area contributed by atoms with Gasteiger partial charge in [0.2, 0.25) is 5.95 Å². The molecule has 0 fully saturated rings. The Hall–Kier alpha value is -4.66. The van der Waals surface area contributed by atoms with E-state index in [4.69, 9.17) is 9.72 Å². The van der Waals surface area contributed by atoms with E-state index in [0.717, 1.165) is 16.8 Å². The van der Waals surface area contributed by atoms with Gasteiger partial charge in [-0.15, -0.1) is 0 Å². The number of benzene rings is 1. The number of hydrogen-bond acceptors (Lipinski definition) is 8. The summed E-state index contributed by atoms with van der Waals surface area (Å²) >= 11 is 0. The van der Waals surface area contributed by atoms with Gasteiger partial charge in [-0.05, 0) is 59.2 Å². The third-order valence-electron chi connectivity index (χ3n) is 5.53. The van der Waals surface area contributed by atoms with Crippen molar-refractivity contribution >= 4 is 24.0 Å². The number of nitrogens with one attached hydrogen (secondary N) is 1. The summed E-state index contributed by atoms with van der Waals surface area (Å²) in [5, 5.41) is 2.55. The van der Waals surface area contributed by atoms with Gasteiger partial charge in [0.25, 0.3) is 5.91 Å². The number of nitrogens with zero attached hydrogens (tertiary/aromatic N) is 6. The maximum absolute atomic E-state index is 11.5. The normalized spacial score (nSPS) is 12.5. The molecule has 174 valence electrons. The molecule has 0 radical (unpaired) electrons. The van der Waals surface area contributed by atoms with Gasteiger partial charge in [-0.1, -0.05) is 12.1 Å². The number of pyridine rings is 1. The van der Waals surface area contributed by atoms with E-state index in [2.05, 4.69) is 30.2 Å². The number of aromatic nitrogens is 5. The highest BCUT2D eigenvalue weighted by Gasteiger charge is 2.22. The number of carbonyl (C=O) groups is 1. The number of likely N-dealkylation sites (N-methyl/N-ethyl adjacent to an activating group) is 1. The highest BCUT2D eigenvalue weighted by molar-refractivity contribution is 5.77.